The van der Waals surface area contributed by atoms with Crippen LogP contribution in [0.15, 0.2) is 0 Å². The van der Waals surface area contributed by atoms with E-state index >= 15 is 0 Å². The van der Waals surface area contributed by atoms with E-state index in [1.54, 1.807) is 0 Å². The van der Waals surface area contributed by atoms with Gasteiger partial charge in [-0.1, -0.05) is 27.7 Å². The molecule has 1 rings (SSSR count). The zero-order valence-electron chi connectivity index (χ0n) is 11.7. The highest BCUT2D eigenvalue weighted by atomic mass is 32.2. The molecular formula is C13H28O2S. The Morgan fingerprint density at radius 1 is 1.38 bits per heavy atom. The van der Waals surface area contributed by atoms with Gasteiger partial charge in [0, 0.05) is 11.5 Å². The van der Waals surface area contributed by atoms with E-state index in [1.165, 1.54) is 17.9 Å². The molecule has 1 fully saturated rings. The van der Waals surface area contributed by atoms with Gasteiger partial charge in [-0.05, 0) is 38.0 Å². The fourth-order valence-corrected chi connectivity index (χ4v) is 4.69. The Morgan fingerprint density at radius 2 is 2.00 bits per heavy atom. The lowest BCUT2D eigenvalue weighted by Crippen LogP contribution is -2.31. The van der Waals surface area contributed by atoms with Gasteiger partial charge in [0.1, 0.15) is 0 Å². The smallest absolute Gasteiger partial charge is 0.0989 e. The summed E-state index contributed by atoms with van der Waals surface area (Å²) in [6.45, 7) is 13.3. The topological polar surface area (TPSA) is 18.5 Å². The third-order valence-corrected chi connectivity index (χ3v) is 5.77. The van der Waals surface area contributed by atoms with Crippen molar-refractivity contribution in [3.05, 3.63) is 0 Å². The van der Waals surface area contributed by atoms with Gasteiger partial charge in [-0.3, -0.25) is 0 Å². The van der Waals surface area contributed by atoms with Crippen LogP contribution in [0, 0.1) is 11.3 Å². The second-order valence-electron chi connectivity index (χ2n) is 6.57. The van der Waals surface area contributed by atoms with Gasteiger partial charge >= 0.3 is 0 Å². The lowest BCUT2D eigenvalue weighted by molar-refractivity contribution is -0.272. The van der Waals surface area contributed by atoms with E-state index in [0.717, 1.165) is 12.3 Å². The molecule has 1 saturated heterocycles. The zero-order valence-corrected chi connectivity index (χ0v) is 12.6. The maximum atomic E-state index is 5.71. The summed E-state index contributed by atoms with van der Waals surface area (Å²) in [6.07, 6.45) is 2.29. The van der Waals surface area contributed by atoms with Crippen LogP contribution in [0.3, 0.4) is 0 Å². The van der Waals surface area contributed by atoms with E-state index in [0.29, 0.717) is 5.41 Å². The van der Waals surface area contributed by atoms with Crippen molar-refractivity contribution in [3.8, 4) is 0 Å². The molecule has 0 aliphatic carbocycles. The van der Waals surface area contributed by atoms with Crippen LogP contribution in [0.2, 0.25) is 0 Å². The van der Waals surface area contributed by atoms with Crippen LogP contribution in [0.5, 0.6) is 0 Å². The molecule has 1 heterocycles. The van der Waals surface area contributed by atoms with Gasteiger partial charge in [0.05, 0.1) is 5.60 Å². The molecule has 0 aromatic carbocycles. The first kappa shape index (κ1) is 14.3. The second-order valence-corrected chi connectivity index (χ2v) is 8.36. The molecule has 0 aromatic heterocycles. The molecule has 98 valence electrons. The van der Waals surface area contributed by atoms with Crippen LogP contribution in [-0.4, -0.2) is 17.1 Å². The van der Waals surface area contributed by atoms with E-state index in [4.69, 9.17) is 9.22 Å². The highest BCUT2D eigenvalue weighted by molar-refractivity contribution is 8.12. The highest BCUT2D eigenvalue weighted by Gasteiger charge is 2.32. The largest absolute Gasteiger partial charge is 0.220 e. The van der Waals surface area contributed by atoms with Gasteiger partial charge in [-0.25, -0.2) is 4.89 Å². The van der Waals surface area contributed by atoms with Crippen LogP contribution < -0.4 is 0 Å². The standard InChI is InChI=1S/C13H28O2S/c1-7-13(5,6)14-15-16-9-11(2)8-12(3,4)10-16/h11,16H,7-10H2,1-6H3. The van der Waals surface area contributed by atoms with Crippen LogP contribution in [-0.2, 0) is 9.22 Å². The molecule has 0 bridgehead atoms. The average Bonchev–Trinajstić information content (AvgIpc) is 2.12. The van der Waals surface area contributed by atoms with Gasteiger partial charge < -0.3 is 0 Å². The minimum Gasteiger partial charge on any atom is -0.220 e. The van der Waals surface area contributed by atoms with Crippen molar-refractivity contribution in [2.75, 3.05) is 11.5 Å². The van der Waals surface area contributed by atoms with Crippen LogP contribution in [0.1, 0.15) is 54.4 Å². The Balaban J connectivity index is 2.43. The Hall–Kier alpha value is 0.270. The van der Waals surface area contributed by atoms with Crippen molar-refractivity contribution in [1.82, 2.24) is 0 Å². The van der Waals surface area contributed by atoms with Crippen LogP contribution >= 0.6 is 11.2 Å². The summed E-state index contributed by atoms with van der Waals surface area (Å²) in [5.74, 6) is 3.13. The molecule has 0 spiro atoms. The van der Waals surface area contributed by atoms with Gasteiger partial charge in [0.2, 0.25) is 0 Å². The van der Waals surface area contributed by atoms with Crippen LogP contribution in [0.25, 0.3) is 0 Å². The fraction of sp³-hybridized carbons (Fsp3) is 1.00. The second kappa shape index (κ2) is 5.28. The maximum absolute atomic E-state index is 5.71. The molecule has 2 nitrogen and oxygen atoms in total. The fourth-order valence-electron chi connectivity index (χ4n) is 2.23. The summed E-state index contributed by atoms with van der Waals surface area (Å²) in [4.78, 5) is 5.59. The van der Waals surface area contributed by atoms with Gasteiger partial charge in [-0.2, -0.15) is 4.33 Å². The average molecular weight is 248 g/mol. The summed E-state index contributed by atoms with van der Waals surface area (Å²) < 4.78 is 5.71. The Labute approximate surface area is 104 Å². The first-order valence-corrected chi connectivity index (χ1v) is 7.98. The molecule has 16 heavy (non-hydrogen) atoms. The lowest BCUT2D eigenvalue weighted by atomic mass is 9.85. The molecule has 1 aliphatic rings. The molecule has 1 aliphatic heterocycles. The zero-order chi connectivity index (χ0) is 12.4. The summed E-state index contributed by atoms with van der Waals surface area (Å²) in [6, 6.07) is 0. The van der Waals surface area contributed by atoms with Gasteiger partial charge in [0.25, 0.3) is 0 Å². The van der Waals surface area contributed by atoms with Crippen molar-refractivity contribution >= 4 is 11.2 Å². The molecular weight excluding hydrogens is 220 g/mol. The minimum absolute atomic E-state index is 0.146. The summed E-state index contributed by atoms with van der Waals surface area (Å²) in [5, 5.41) is 0. The number of hydrogen-bond acceptors (Lipinski definition) is 2. The predicted molar refractivity (Wildman–Crippen MR) is 72.8 cm³/mol. The molecule has 0 amide bonds. The molecule has 2 unspecified atom stereocenters. The first-order chi connectivity index (χ1) is 7.24. The molecule has 0 radical (unpaired) electrons. The quantitative estimate of drug-likeness (QED) is 0.458. The van der Waals surface area contributed by atoms with E-state index in [1.807, 2.05) is 0 Å². The van der Waals surface area contributed by atoms with Crippen molar-refractivity contribution < 1.29 is 9.22 Å². The van der Waals surface area contributed by atoms with Gasteiger partial charge in [-0.15, -0.1) is 11.2 Å². The van der Waals surface area contributed by atoms with Crippen LogP contribution in [0.4, 0.5) is 0 Å². The SMILES string of the molecule is CCC(C)(C)OO[SH]1CC(C)CC(C)(C)C1. The number of hydrogen-bond donors (Lipinski definition) is 1. The third kappa shape index (κ3) is 4.64. The van der Waals surface area contributed by atoms with E-state index in [9.17, 15) is 0 Å². The lowest BCUT2D eigenvalue weighted by Gasteiger charge is -2.40. The first-order valence-electron chi connectivity index (χ1n) is 6.35. The Morgan fingerprint density at radius 3 is 2.50 bits per heavy atom. The molecule has 0 aromatic rings. The van der Waals surface area contributed by atoms with Crippen molar-refractivity contribution in [2.45, 2.75) is 60.0 Å². The monoisotopic (exact) mass is 248 g/mol. The minimum atomic E-state index is -0.391. The Kier molecular flexibility index (Phi) is 4.73. The van der Waals surface area contributed by atoms with E-state index in [2.05, 4.69) is 41.5 Å². The number of thiol groups is 1. The van der Waals surface area contributed by atoms with Crippen molar-refractivity contribution in [2.24, 2.45) is 11.3 Å². The predicted octanol–water partition coefficient (Wildman–Crippen LogP) is 4.11. The maximum Gasteiger partial charge on any atom is 0.0989 e. The normalized spacial score (nSPS) is 32.6. The Bertz CT molecular complexity index is 226. The summed E-state index contributed by atoms with van der Waals surface area (Å²) in [5.41, 5.74) is 0.274. The third-order valence-electron chi connectivity index (χ3n) is 3.24. The van der Waals surface area contributed by atoms with Crippen molar-refractivity contribution in [1.29, 1.82) is 0 Å². The van der Waals surface area contributed by atoms with E-state index < -0.39 is 11.2 Å². The summed E-state index contributed by atoms with van der Waals surface area (Å²) >= 11 is -0.391. The van der Waals surface area contributed by atoms with Crippen molar-refractivity contribution in [3.63, 3.8) is 0 Å². The highest BCUT2D eigenvalue weighted by Crippen LogP contribution is 2.46. The van der Waals surface area contributed by atoms with E-state index in [-0.39, 0.29) is 5.60 Å². The molecule has 3 heteroatoms. The number of rotatable bonds is 4. The summed E-state index contributed by atoms with van der Waals surface area (Å²) in [7, 11) is 0. The molecule has 0 saturated carbocycles. The molecule has 2 atom stereocenters. The molecule has 0 N–H and O–H groups in total. The van der Waals surface area contributed by atoms with Gasteiger partial charge in [0.15, 0.2) is 0 Å².